The number of anilines is 1. The molecule has 0 aliphatic heterocycles. The molecule has 1 amide bonds. The van der Waals surface area contributed by atoms with Crippen LogP contribution in [-0.4, -0.2) is 23.6 Å². The number of hydrogen-bond acceptors (Lipinski definition) is 3. The van der Waals surface area contributed by atoms with Crippen molar-refractivity contribution in [3.8, 4) is 5.75 Å². The Hall–Kier alpha value is -2.04. The first-order valence-corrected chi connectivity index (χ1v) is 7.11. The fraction of sp³-hybridized carbons (Fsp3) is 0.500. The Labute approximate surface area is 125 Å². The molecule has 0 spiro atoms. The highest BCUT2D eigenvalue weighted by Gasteiger charge is 2.11. The van der Waals surface area contributed by atoms with Gasteiger partial charge in [-0.05, 0) is 30.4 Å². The van der Waals surface area contributed by atoms with Crippen molar-refractivity contribution < 1.29 is 19.4 Å². The van der Waals surface area contributed by atoms with Gasteiger partial charge in [-0.1, -0.05) is 26.8 Å². The van der Waals surface area contributed by atoms with Gasteiger partial charge in [0.2, 0.25) is 5.91 Å². The summed E-state index contributed by atoms with van der Waals surface area (Å²) in [7, 11) is 0. The molecular formula is C16H23NO4. The minimum absolute atomic E-state index is 0.0430. The highest BCUT2D eigenvalue weighted by molar-refractivity contribution is 5.91. The van der Waals surface area contributed by atoms with Gasteiger partial charge >= 0.3 is 5.97 Å². The normalized spacial score (nSPS) is 12.0. The van der Waals surface area contributed by atoms with Gasteiger partial charge in [0, 0.05) is 18.2 Å². The topological polar surface area (TPSA) is 75.6 Å². The third-order valence-electron chi connectivity index (χ3n) is 2.89. The number of nitrogens with one attached hydrogen (secondary N) is 1. The summed E-state index contributed by atoms with van der Waals surface area (Å²) in [5.41, 5.74) is 0.611. The van der Waals surface area contributed by atoms with Gasteiger partial charge in [0.1, 0.15) is 5.75 Å². The lowest BCUT2D eigenvalue weighted by molar-refractivity contribution is -0.139. The van der Waals surface area contributed by atoms with E-state index in [-0.39, 0.29) is 5.91 Å². The molecule has 0 heterocycles. The van der Waals surface area contributed by atoms with E-state index in [1.807, 2.05) is 0 Å². The average molecular weight is 293 g/mol. The van der Waals surface area contributed by atoms with Crippen molar-refractivity contribution >= 4 is 17.6 Å². The van der Waals surface area contributed by atoms with E-state index >= 15 is 0 Å². The summed E-state index contributed by atoms with van der Waals surface area (Å²) in [5, 5.41) is 11.4. The molecule has 1 atom stereocenters. The Balaban J connectivity index is 2.52. The molecule has 0 saturated carbocycles. The molecular weight excluding hydrogens is 270 g/mol. The molecule has 0 aliphatic carbocycles. The van der Waals surface area contributed by atoms with E-state index < -0.39 is 12.6 Å². The number of ether oxygens (including phenoxy) is 1. The first-order valence-electron chi connectivity index (χ1n) is 7.11. The molecule has 1 unspecified atom stereocenters. The molecule has 5 nitrogen and oxygen atoms in total. The summed E-state index contributed by atoms with van der Waals surface area (Å²) >= 11 is 0. The lowest BCUT2D eigenvalue weighted by Crippen LogP contribution is -2.16. The number of carboxylic acid groups (broad SMARTS) is 1. The summed E-state index contributed by atoms with van der Waals surface area (Å²) in [5.74, 6) is 0.243. The predicted molar refractivity (Wildman–Crippen MR) is 81.4 cm³/mol. The van der Waals surface area contributed by atoms with Crippen LogP contribution in [0.2, 0.25) is 0 Å². The number of carbonyl (C=O) groups is 2. The molecule has 2 N–H and O–H groups in total. The zero-order valence-corrected chi connectivity index (χ0v) is 12.8. The SMILES string of the molecule is CC(C)CC(C)CC(=O)Nc1cccc(OCC(=O)O)c1. The van der Waals surface area contributed by atoms with Crippen molar-refractivity contribution in [2.24, 2.45) is 11.8 Å². The van der Waals surface area contributed by atoms with Crippen LogP contribution in [0.3, 0.4) is 0 Å². The molecule has 0 fully saturated rings. The maximum Gasteiger partial charge on any atom is 0.341 e. The first-order chi connectivity index (χ1) is 9.86. The van der Waals surface area contributed by atoms with Gasteiger partial charge in [0.05, 0.1) is 0 Å². The van der Waals surface area contributed by atoms with Gasteiger partial charge < -0.3 is 15.2 Å². The van der Waals surface area contributed by atoms with Crippen molar-refractivity contribution in [1.29, 1.82) is 0 Å². The van der Waals surface area contributed by atoms with E-state index in [4.69, 9.17) is 9.84 Å². The van der Waals surface area contributed by atoms with Crippen molar-refractivity contribution in [2.75, 3.05) is 11.9 Å². The zero-order valence-electron chi connectivity index (χ0n) is 12.8. The Morgan fingerprint density at radius 2 is 2.00 bits per heavy atom. The lowest BCUT2D eigenvalue weighted by Gasteiger charge is -2.14. The van der Waals surface area contributed by atoms with Crippen LogP contribution in [0.4, 0.5) is 5.69 Å². The second-order valence-electron chi connectivity index (χ2n) is 5.70. The predicted octanol–water partition coefficient (Wildman–Crippen LogP) is 3.16. The summed E-state index contributed by atoms with van der Waals surface area (Å²) in [4.78, 5) is 22.4. The fourth-order valence-electron chi connectivity index (χ4n) is 2.23. The molecule has 1 rings (SSSR count). The molecule has 5 heteroatoms. The summed E-state index contributed by atoms with van der Waals surface area (Å²) < 4.78 is 5.07. The van der Waals surface area contributed by atoms with E-state index in [9.17, 15) is 9.59 Å². The second kappa shape index (κ2) is 8.29. The largest absolute Gasteiger partial charge is 0.482 e. The molecule has 1 aromatic carbocycles. The maximum atomic E-state index is 11.9. The molecule has 0 aromatic heterocycles. The van der Waals surface area contributed by atoms with Crippen LogP contribution < -0.4 is 10.1 Å². The first kappa shape index (κ1) is 17.0. The fourth-order valence-corrected chi connectivity index (χ4v) is 2.23. The van der Waals surface area contributed by atoms with Crippen molar-refractivity contribution in [1.82, 2.24) is 0 Å². The molecule has 0 aliphatic rings. The van der Waals surface area contributed by atoms with Crippen LogP contribution >= 0.6 is 0 Å². The Morgan fingerprint density at radius 1 is 1.29 bits per heavy atom. The second-order valence-corrected chi connectivity index (χ2v) is 5.70. The average Bonchev–Trinajstić information content (AvgIpc) is 2.35. The van der Waals surface area contributed by atoms with Crippen LogP contribution in [0.1, 0.15) is 33.6 Å². The van der Waals surface area contributed by atoms with Gasteiger partial charge in [0.25, 0.3) is 0 Å². The summed E-state index contributed by atoms with van der Waals surface area (Å²) in [6.07, 6.45) is 1.48. The summed E-state index contributed by atoms with van der Waals surface area (Å²) in [6, 6.07) is 6.73. The number of carbonyl (C=O) groups excluding carboxylic acids is 1. The van der Waals surface area contributed by atoms with Gasteiger partial charge in [-0.2, -0.15) is 0 Å². The van der Waals surface area contributed by atoms with Crippen molar-refractivity contribution in [3.05, 3.63) is 24.3 Å². The maximum absolute atomic E-state index is 11.9. The molecule has 0 bridgehead atoms. The minimum Gasteiger partial charge on any atom is -0.482 e. The number of carboxylic acids is 1. The third-order valence-corrected chi connectivity index (χ3v) is 2.89. The Bertz CT molecular complexity index is 485. The van der Waals surface area contributed by atoms with Crippen LogP contribution in [0, 0.1) is 11.8 Å². The van der Waals surface area contributed by atoms with Crippen LogP contribution in [0.5, 0.6) is 5.75 Å². The standard InChI is InChI=1S/C16H23NO4/c1-11(2)7-12(3)8-15(18)17-13-5-4-6-14(9-13)21-10-16(19)20/h4-6,9,11-12H,7-8,10H2,1-3H3,(H,17,18)(H,19,20). The Kier molecular flexibility index (Phi) is 6.72. The van der Waals surface area contributed by atoms with Crippen molar-refractivity contribution in [2.45, 2.75) is 33.6 Å². The highest BCUT2D eigenvalue weighted by Crippen LogP contribution is 2.19. The third kappa shape index (κ3) is 7.34. The summed E-state index contributed by atoms with van der Waals surface area (Å²) in [6.45, 7) is 5.93. The van der Waals surface area contributed by atoms with Gasteiger partial charge in [-0.3, -0.25) is 4.79 Å². The van der Waals surface area contributed by atoms with Gasteiger partial charge in [-0.25, -0.2) is 4.79 Å². The lowest BCUT2D eigenvalue weighted by atomic mass is 9.96. The smallest absolute Gasteiger partial charge is 0.341 e. The molecule has 116 valence electrons. The zero-order chi connectivity index (χ0) is 15.8. The van der Waals surface area contributed by atoms with E-state index in [1.54, 1.807) is 24.3 Å². The number of rotatable bonds is 8. The number of hydrogen-bond donors (Lipinski definition) is 2. The number of amides is 1. The Morgan fingerprint density at radius 3 is 2.62 bits per heavy atom. The van der Waals surface area contributed by atoms with E-state index in [0.717, 1.165) is 6.42 Å². The van der Waals surface area contributed by atoms with E-state index in [2.05, 4.69) is 26.1 Å². The van der Waals surface area contributed by atoms with Crippen LogP contribution in [-0.2, 0) is 9.59 Å². The van der Waals surface area contributed by atoms with Crippen LogP contribution in [0.25, 0.3) is 0 Å². The number of aliphatic carboxylic acids is 1. The molecule has 0 saturated heterocycles. The molecule has 21 heavy (non-hydrogen) atoms. The van der Waals surface area contributed by atoms with E-state index in [0.29, 0.717) is 29.7 Å². The minimum atomic E-state index is -1.04. The van der Waals surface area contributed by atoms with E-state index in [1.165, 1.54) is 0 Å². The van der Waals surface area contributed by atoms with Gasteiger partial charge in [0.15, 0.2) is 6.61 Å². The van der Waals surface area contributed by atoms with Gasteiger partial charge in [-0.15, -0.1) is 0 Å². The monoisotopic (exact) mass is 293 g/mol. The van der Waals surface area contributed by atoms with Crippen molar-refractivity contribution in [3.63, 3.8) is 0 Å². The highest BCUT2D eigenvalue weighted by atomic mass is 16.5. The molecule has 0 radical (unpaired) electrons. The van der Waals surface area contributed by atoms with Crippen LogP contribution in [0.15, 0.2) is 24.3 Å². The molecule has 1 aromatic rings. The number of benzene rings is 1. The quantitative estimate of drug-likeness (QED) is 0.772.